The molecule has 0 radical (unpaired) electrons. The first kappa shape index (κ1) is 23.1. The van der Waals surface area contributed by atoms with Crippen molar-refractivity contribution in [2.24, 2.45) is 0 Å². The van der Waals surface area contributed by atoms with E-state index in [2.05, 4.69) is 10.0 Å². The van der Waals surface area contributed by atoms with E-state index in [0.717, 1.165) is 17.7 Å². The summed E-state index contributed by atoms with van der Waals surface area (Å²) in [5.74, 6) is -0.908. The van der Waals surface area contributed by atoms with Gasteiger partial charge in [0.1, 0.15) is 11.9 Å². The summed E-state index contributed by atoms with van der Waals surface area (Å²) in [5, 5.41) is 12.6. The molecule has 3 N–H and O–H groups in total. The molecule has 3 rings (SSSR count). The molecule has 31 heavy (non-hydrogen) atoms. The molecule has 166 valence electrons. The fourth-order valence-corrected chi connectivity index (χ4v) is 4.55. The van der Waals surface area contributed by atoms with Crippen molar-refractivity contribution in [3.63, 3.8) is 0 Å². The summed E-state index contributed by atoms with van der Waals surface area (Å²) in [5.41, 5.74) is 0.969. The van der Waals surface area contributed by atoms with Crippen molar-refractivity contribution in [2.45, 2.75) is 42.5 Å². The van der Waals surface area contributed by atoms with Crippen LogP contribution in [0.3, 0.4) is 0 Å². The van der Waals surface area contributed by atoms with Crippen LogP contribution < -0.4 is 10.0 Å². The Kier molecular flexibility index (Phi) is 7.55. The number of rotatable bonds is 8. The third-order valence-electron chi connectivity index (χ3n) is 4.92. The number of hydrogen-bond donors (Lipinski definition) is 3. The molecule has 1 amide bonds. The Morgan fingerprint density at radius 3 is 2.58 bits per heavy atom. The second kappa shape index (κ2) is 10.1. The van der Waals surface area contributed by atoms with Crippen molar-refractivity contribution in [3.8, 4) is 0 Å². The van der Waals surface area contributed by atoms with Gasteiger partial charge in [-0.3, -0.25) is 4.79 Å². The van der Waals surface area contributed by atoms with Crippen LogP contribution in [0.2, 0.25) is 0 Å². The van der Waals surface area contributed by atoms with E-state index in [4.69, 9.17) is 4.74 Å². The minimum Gasteiger partial charge on any atom is -0.394 e. The maximum Gasteiger partial charge on any atom is 0.241 e. The lowest BCUT2D eigenvalue weighted by atomic mass is 10.0. The van der Waals surface area contributed by atoms with Crippen LogP contribution in [0.15, 0.2) is 71.6 Å². The molecule has 0 aliphatic carbocycles. The lowest BCUT2D eigenvalue weighted by Crippen LogP contribution is -2.49. The quantitative estimate of drug-likeness (QED) is 0.536. The normalized spacial score (nSPS) is 22.1. The molecule has 1 heterocycles. The standard InChI is InChI=1S/C22H25FN2O5S/c1-15(16-6-3-2-4-7-16)24-22(27)13-18-10-11-20(21(14-26)30-18)25-31(28,29)19-9-5-8-17(23)12-19/h2-12,15,18,20-21,25-26H,13-14H2,1H3,(H,24,27)/t15-,18+,20-,21+/m1/s1. The van der Waals surface area contributed by atoms with Gasteiger partial charge in [0.25, 0.3) is 0 Å². The summed E-state index contributed by atoms with van der Waals surface area (Å²) in [6.45, 7) is 1.41. The highest BCUT2D eigenvalue weighted by molar-refractivity contribution is 7.89. The van der Waals surface area contributed by atoms with E-state index in [-0.39, 0.29) is 23.3 Å². The van der Waals surface area contributed by atoms with Crippen LogP contribution in [0.1, 0.15) is 24.9 Å². The molecule has 0 spiro atoms. The second-order valence-electron chi connectivity index (χ2n) is 7.29. The lowest BCUT2D eigenvalue weighted by molar-refractivity contribution is -0.125. The Balaban J connectivity index is 1.61. The van der Waals surface area contributed by atoms with Crippen molar-refractivity contribution in [1.29, 1.82) is 0 Å². The first-order valence-electron chi connectivity index (χ1n) is 9.85. The molecule has 0 unspecified atom stereocenters. The molecule has 1 aliphatic heterocycles. The molecule has 1 aliphatic rings. The van der Waals surface area contributed by atoms with Gasteiger partial charge in [0.05, 0.1) is 36.1 Å². The number of benzene rings is 2. The van der Waals surface area contributed by atoms with Crippen LogP contribution in [-0.4, -0.2) is 44.3 Å². The predicted molar refractivity (Wildman–Crippen MR) is 113 cm³/mol. The molecule has 7 nitrogen and oxygen atoms in total. The number of hydrogen-bond acceptors (Lipinski definition) is 5. The number of carbonyl (C=O) groups is 1. The molecule has 4 atom stereocenters. The van der Waals surface area contributed by atoms with Crippen molar-refractivity contribution >= 4 is 15.9 Å². The van der Waals surface area contributed by atoms with Gasteiger partial charge in [0.15, 0.2) is 0 Å². The van der Waals surface area contributed by atoms with E-state index < -0.39 is 40.7 Å². The minimum atomic E-state index is -4.02. The van der Waals surface area contributed by atoms with Crippen LogP contribution in [0.5, 0.6) is 0 Å². The topological polar surface area (TPSA) is 105 Å². The van der Waals surface area contributed by atoms with E-state index >= 15 is 0 Å². The third-order valence-corrected chi connectivity index (χ3v) is 6.38. The average molecular weight is 449 g/mol. The van der Waals surface area contributed by atoms with Gasteiger partial charge in [-0.25, -0.2) is 17.5 Å². The van der Waals surface area contributed by atoms with Gasteiger partial charge in [-0.05, 0) is 30.7 Å². The second-order valence-corrected chi connectivity index (χ2v) is 9.00. The summed E-state index contributed by atoms with van der Waals surface area (Å²) in [7, 11) is -4.02. The number of aliphatic hydroxyl groups is 1. The predicted octanol–water partition coefficient (Wildman–Crippen LogP) is 2.06. The molecule has 0 saturated heterocycles. The van der Waals surface area contributed by atoms with Crippen molar-refractivity contribution in [1.82, 2.24) is 10.0 Å². The van der Waals surface area contributed by atoms with E-state index in [1.54, 1.807) is 12.2 Å². The molecule has 0 fully saturated rings. The number of nitrogens with one attached hydrogen (secondary N) is 2. The third kappa shape index (κ3) is 6.20. The summed E-state index contributed by atoms with van der Waals surface area (Å²) in [6.07, 6.45) is 1.64. The smallest absolute Gasteiger partial charge is 0.241 e. The zero-order chi connectivity index (χ0) is 22.4. The molecule has 2 aromatic carbocycles. The van der Waals surface area contributed by atoms with E-state index in [1.807, 2.05) is 37.3 Å². The summed E-state index contributed by atoms with van der Waals surface area (Å²) >= 11 is 0. The van der Waals surface area contributed by atoms with Crippen molar-refractivity contribution in [3.05, 3.63) is 78.1 Å². The maximum atomic E-state index is 13.4. The number of sulfonamides is 1. The van der Waals surface area contributed by atoms with Gasteiger partial charge in [0, 0.05) is 0 Å². The number of aliphatic hydroxyl groups excluding tert-OH is 1. The largest absolute Gasteiger partial charge is 0.394 e. The average Bonchev–Trinajstić information content (AvgIpc) is 2.75. The first-order chi connectivity index (χ1) is 14.8. The molecular formula is C22H25FN2O5S. The van der Waals surface area contributed by atoms with Crippen molar-refractivity contribution in [2.75, 3.05) is 6.61 Å². The monoisotopic (exact) mass is 448 g/mol. The van der Waals surface area contributed by atoms with Crippen LogP contribution in [0.25, 0.3) is 0 Å². The van der Waals surface area contributed by atoms with Gasteiger partial charge >= 0.3 is 0 Å². The van der Waals surface area contributed by atoms with Crippen LogP contribution in [-0.2, 0) is 19.6 Å². The Bertz CT molecular complexity index is 1030. The Labute approximate surface area is 181 Å². The van der Waals surface area contributed by atoms with Gasteiger partial charge < -0.3 is 15.2 Å². The minimum absolute atomic E-state index is 0.0214. The number of halogens is 1. The highest BCUT2D eigenvalue weighted by Gasteiger charge is 2.31. The zero-order valence-electron chi connectivity index (χ0n) is 16.9. The van der Waals surface area contributed by atoms with Crippen LogP contribution in [0, 0.1) is 5.82 Å². The summed E-state index contributed by atoms with van der Waals surface area (Å²) in [6, 6.07) is 13.1. The fourth-order valence-electron chi connectivity index (χ4n) is 3.30. The Morgan fingerprint density at radius 2 is 1.90 bits per heavy atom. The highest BCUT2D eigenvalue weighted by atomic mass is 32.2. The summed E-state index contributed by atoms with van der Waals surface area (Å²) in [4.78, 5) is 12.2. The van der Waals surface area contributed by atoms with Crippen LogP contribution >= 0.6 is 0 Å². The maximum absolute atomic E-state index is 13.4. The van der Waals surface area contributed by atoms with Gasteiger partial charge in [-0.2, -0.15) is 0 Å². The lowest BCUT2D eigenvalue weighted by Gasteiger charge is -2.31. The molecular weight excluding hydrogens is 423 g/mol. The van der Waals surface area contributed by atoms with E-state index in [9.17, 15) is 22.7 Å². The molecule has 0 saturated carbocycles. The van der Waals surface area contributed by atoms with Gasteiger partial charge in [-0.1, -0.05) is 48.6 Å². The number of carbonyl (C=O) groups excluding carboxylic acids is 1. The van der Waals surface area contributed by atoms with E-state index in [1.165, 1.54) is 12.1 Å². The fraction of sp³-hybridized carbons (Fsp3) is 0.318. The molecule has 9 heteroatoms. The highest BCUT2D eigenvalue weighted by Crippen LogP contribution is 2.19. The molecule has 0 aromatic heterocycles. The van der Waals surface area contributed by atoms with Gasteiger partial charge in [0.2, 0.25) is 15.9 Å². The van der Waals surface area contributed by atoms with Crippen molar-refractivity contribution < 1.29 is 27.4 Å². The number of ether oxygens (including phenoxy) is 1. The van der Waals surface area contributed by atoms with E-state index in [0.29, 0.717) is 0 Å². The Hall–Kier alpha value is -2.59. The Morgan fingerprint density at radius 1 is 1.16 bits per heavy atom. The summed E-state index contributed by atoms with van der Waals surface area (Å²) < 4.78 is 46.5. The SMILES string of the molecule is C[C@@H](NC(=O)C[C@@H]1C=C[C@@H](NS(=O)(=O)c2cccc(F)c2)[C@H](CO)O1)c1ccccc1. The van der Waals surface area contributed by atoms with Crippen LogP contribution in [0.4, 0.5) is 4.39 Å². The van der Waals surface area contributed by atoms with Gasteiger partial charge in [-0.15, -0.1) is 0 Å². The number of amides is 1. The zero-order valence-corrected chi connectivity index (χ0v) is 17.8. The molecule has 0 bridgehead atoms. The first-order valence-corrected chi connectivity index (χ1v) is 11.3. The molecule has 2 aromatic rings.